The normalized spacial score (nSPS) is 21.4. The molecule has 0 bridgehead atoms. The molecule has 6 nitrogen and oxygen atoms in total. The summed E-state index contributed by atoms with van der Waals surface area (Å²) in [6, 6.07) is 13.8. The van der Waals surface area contributed by atoms with Gasteiger partial charge in [-0.15, -0.1) is 23.9 Å². The molecule has 206 valence electrons. The Balaban J connectivity index is 0.000000327. The van der Waals surface area contributed by atoms with Gasteiger partial charge in [-0.25, -0.2) is 0 Å². The number of aryl methyl sites for hydroxylation is 1. The van der Waals surface area contributed by atoms with E-state index in [0.717, 1.165) is 62.0 Å². The lowest BCUT2D eigenvalue weighted by Gasteiger charge is -2.43. The lowest BCUT2D eigenvalue weighted by atomic mass is 9.69. The Morgan fingerprint density at radius 2 is 1.82 bits per heavy atom. The first-order valence-electron chi connectivity index (χ1n) is 13.5. The van der Waals surface area contributed by atoms with Crippen molar-refractivity contribution in [3.63, 3.8) is 0 Å². The molecule has 1 aromatic carbocycles. The zero-order chi connectivity index (χ0) is 28.0. The molecule has 2 fully saturated rings. The number of ether oxygens (including phenoxy) is 1. The molecular weight excluding hydrogens is 498 g/mol. The van der Waals surface area contributed by atoms with Gasteiger partial charge < -0.3 is 15.8 Å². The Hall–Kier alpha value is -2.88. The summed E-state index contributed by atoms with van der Waals surface area (Å²) in [5.74, 6) is 3.28. The topological polar surface area (TPSA) is 95.9 Å². The van der Waals surface area contributed by atoms with E-state index in [0.29, 0.717) is 0 Å². The van der Waals surface area contributed by atoms with Crippen LogP contribution in [0.3, 0.4) is 0 Å². The van der Waals surface area contributed by atoms with Gasteiger partial charge in [0.1, 0.15) is 6.10 Å². The lowest BCUT2D eigenvalue weighted by molar-refractivity contribution is -0.372. The minimum Gasteiger partial charge on any atom is -0.461 e. The van der Waals surface area contributed by atoms with Gasteiger partial charge in [0.15, 0.2) is 0 Å². The number of esters is 1. The fourth-order valence-corrected chi connectivity index (χ4v) is 5.39. The standard InChI is InChI=1S/C22H29NO2.C8H10N2O.CH3Cl/c1-2-17-16-20(19(17)12-15-23)25-21(24)22(13-8-3-4-9-14-22)18-10-6-5-7-11-18;1-6-5-8(3-4-9-6)10-7(2)11;1-2/h1,5-7,10-11,17,19-20H,3-4,8-9,12-16,23H2;3-5H,1-2H3,(H,9,10,11);1H3/p+1. The van der Waals surface area contributed by atoms with Crippen molar-refractivity contribution in [3.8, 4) is 12.3 Å². The van der Waals surface area contributed by atoms with Crippen LogP contribution in [0, 0.1) is 31.1 Å². The minimum absolute atomic E-state index is 0.0286. The first kappa shape index (κ1) is 31.3. The number of anilines is 1. The number of benzene rings is 1. The number of amides is 1. The summed E-state index contributed by atoms with van der Waals surface area (Å²) in [6.45, 7) is 4.20. The van der Waals surface area contributed by atoms with Gasteiger partial charge in [-0.2, -0.15) is 0 Å². The molecule has 2 aliphatic carbocycles. The number of aromatic nitrogens is 1. The van der Waals surface area contributed by atoms with E-state index in [1.807, 2.05) is 31.2 Å². The minimum atomic E-state index is -0.478. The third-order valence-corrected chi connectivity index (χ3v) is 7.38. The van der Waals surface area contributed by atoms with Crippen LogP contribution in [0.4, 0.5) is 5.69 Å². The highest BCUT2D eigenvalue weighted by molar-refractivity contribution is 6.15. The first-order chi connectivity index (χ1) is 18.4. The second-order valence-electron chi connectivity index (χ2n) is 9.99. The number of pyridine rings is 1. The zero-order valence-electron chi connectivity index (χ0n) is 23.0. The highest BCUT2D eigenvalue weighted by Crippen LogP contribution is 2.43. The van der Waals surface area contributed by atoms with Gasteiger partial charge in [0.25, 0.3) is 0 Å². The summed E-state index contributed by atoms with van der Waals surface area (Å²) in [5.41, 5.74) is 6.28. The van der Waals surface area contributed by atoms with Gasteiger partial charge in [0, 0.05) is 49.1 Å². The number of rotatable bonds is 6. The molecule has 1 heterocycles. The fourth-order valence-electron chi connectivity index (χ4n) is 5.39. The van der Waals surface area contributed by atoms with Crippen molar-refractivity contribution in [1.29, 1.82) is 0 Å². The van der Waals surface area contributed by atoms with Crippen LogP contribution in [0.5, 0.6) is 0 Å². The van der Waals surface area contributed by atoms with E-state index >= 15 is 0 Å². The van der Waals surface area contributed by atoms with Crippen molar-refractivity contribution < 1.29 is 20.1 Å². The van der Waals surface area contributed by atoms with Crippen LogP contribution in [-0.2, 0) is 19.7 Å². The third kappa shape index (κ3) is 8.58. The second-order valence-corrected chi connectivity index (χ2v) is 9.99. The van der Waals surface area contributed by atoms with Crippen LogP contribution in [0.2, 0.25) is 0 Å². The zero-order valence-corrected chi connectivity index (χ0v) is 23.8. The van der Waals surface area contributed by atoms with Gasteiger partial charge >= 0.3 is 5.97 Å². The van der Waals surface area contributed by atoms with E-state index in [1.54, 1.807) is 12.3 Å². The van der Waals surface area contributed by atoms with Crippen LogP contribution in [0.1, 0.15) is 69.5 Å². The number of carbonyl (C=O) groups is 2. The van der Waals surface area contributed by atoms with Crippen molar-refractivity contribution in [1.82, 2.24) is 4.98 Å². The van der Waals surface area contributed by atoms with Crippen molar-refractivity contribution in [2.75, 3.05) is 18.2 Å². The smallest absolute Gasteiger partial charge is 0.316 e. The lowest BCUT2D eigenvalue weighted by Crippen LogP contribution is -2.55. The predicted octanol–water partition coefficient (Wildman–Crippen LogP) is 5.30. The highest BCUT2D eigenvalue weighted by atomic mass is 35.5. The molecule has 0 aliphatic heterocycles. The van der Waals surface area contributed by atoms with Crippen LogP contribution in [-0.4, -0.2) is 35.9 Å². The van der Waals surface area contributed by atoms with Gasteiger partial charge in [-0.3, -0.25) is 14.6 Å². The summed E-state index contributed by atoms with van der Waals surface area (Å²) in [6.07, 6.45) is 16.8. The number of alkyl halides is 1. The van der Waals surface area contributed by atoms with Crippen molar-refractivity contribution >= 4 is 29.2 Å². The number of nitrogens with zero attached hydrogens (tertiary/aromatic N) is 1. The summed E-state index contributed by atoms with van der Waals surface area (Å²) in [4.78, 5) is 27.9. The van der Waals surface area contributed by atoms with Crippen LogP contribution < -0.4 is 11.1 Å². The molecule has 0 spiro atoms. The summed E-state index contributed by atoms with van der Waals surface area (Å²) < 4.78 is 6.07. The summed E-state index contributed by atoms with van der Waals surface area (Å²) >= 11 is 4.64. The number of terminal acetylenes is 1. The van der Waals surface area contributed by atoms with Gasteiger partial charge in [0.05, 0.1) is 12.0 Å². The van der Waals surface area contributed by atoms with E-state index in [-0.39, 0.29) is 29.8 Å². The Morgan fingerprint density at radius 1 is 1.16 bits per heavy atom. The molecular formula is C31H43ClN3O3+. The number of hydrogen-bond donors (Lipinski definition) is 2. The molecule has 7 heteroatoms. The molecule has 2 saturated carbocycles. The molecule has 2 aliphatic rings. The largest absolute Gasteiger partial charge is 0.461 e. The van der Waals surface area contributed by atoms with Crippen molar-refractivity contribution in [2.24, 2.45) is 11.8 Å². The van der Waals surface area contributed by atoms with E-state index in [2.05, 4.69) is 45.7 Å². The Morgan fingerprint density at radius 3 is 2.37 bits per heavy atom. The Kier molecular flexibility index (Phi) is 13.3. The predicted molar refractivity (Wildman–Crippen MR) is 154 cm³/mol. The monoisotopic (exact) mass is 540 g/mol. The number of halogens is 1. The Labute approximate surface area is 233 Å². The Bertz CT molecular complexity index is 1050. The molecule has 4 N–H and O–H groups in total. The maximum absolute atomic E-state index is 13.3. The van der Waals surface area contributed by atoms with E-state index in [4.69, 9.17) is 11.2 Å². The van der Waals surface area contributed by atoms with Gasteiger partial charge in [-0.05, 0) is 43.9 Å². The molecule has 0 saturated heterocycles. The quantitative estimate of drug-likeness (QED) is 0.225. The van der Waals surface area contributed by atoms with Crippen LogP contribution in [0.15, 0.2) is 48.7 Å². The van der Waals surface area contributed by atoms with Crippen molar-refractivity contribution in [2.45, 2.75) is 76.7 Å². The highest BCUT2D eigenvalue weighted by Gasteiger charge is 2.47. The van der Waals surface area contributed by atoms with Crippen LogP contribution >= 0.6 is 11.6 Å². The number of carbonyl (C=O) groups excluding carboxylic acids is 2. The van der Waals surface area contributed by atoms with E-state index in [1.165, 1.54) is 26.1 Å². The number of nitrogens with one attached hydrogen (secondary N) is 1. The van der Waals surface area contributed by atoms with Crippen LogP contribution in [0.25, 0.3) is 0 Å². The SMILES string of the molecule is C#CC1CC(OC(=O)C2(c3ccccc3)CCCCCC2)C1CC[NH3+].CC(=O)Nc1ccnc(C)c1.CCl. The molecule has 38 heavy (non-hydrogen) atoms. The molecule has 3 unspecified atom stereocenters. The maximum Gasteiger partial charge on any atom is 0.316 e. The molecule has 3 atom stereocenters. The summed E-state index contributed by atoms with van der Waals surface area (Å²) in [7, 11) is 0. The van der Waals surface area contributed by atoms with Gasteiger partial charge in [-0.1, -0.05) is 56.0 Å². The maximum atomic E-state index is 13.3. The molecule has 0 radical (unpaired) electrons. The average molecular weight is 541 g/mol. The number of hydrogen-bond acceptors (Lipinski definition) is 4. The molecule has 4 rings (SSSR count). The van der Waals surface area contributed by atoms with Crippen molar-refractivity contribution in [3.05, 3.63) is 59.9 Å². The average Bonchev–Trinajstić information content (AvgIpc) is 3.18. The molecule has 1 amide bonds. The van der Waals surface area contributed by atoms with Gasteiger partial charge in [0.2, 0.25) is 5.91 Å². The first-order valence-corrected chi connectivity index (χ1v) is 14.2. The molecule has 1 aromatic heterocycles. The number of quaternary nitrogens is 1. The fraction of sp³-hybridized carbons (Fsp3) is 0.516. The third-order valence-electron chi connectivity index (χ3n) is 7.38. The van der Waals surface area contributed by atoms with E-state index in [9.17, 15) is 9.59 Å². The summed E-state index contributed by atoms with van der Waals surface area (Å²) in [5, 5.41) is 2.67. The van der Waals surface area contributed by atoms with E-state index < -0.39 is 5.41 Å². The second kappa shape index (κ2) is 16.2. The molecule has 2 aromatic rings.